The number of rotatable bonds is 5. The number of anilines is 1. The monoisotopic (exact) mass is 308 g/mol. The summed E-state index contributed by atoms with van der Waals surface area (Å²) in [5, 5.41) is 19.0. The third-order valence-corrected chi connectivity index (χ3v) is 4.18. The Balaban J connectivity index is 1.80. The van der Waals surface area contributed by atoms with E-state index < -0.39 is 6.10 Å². The lowest BCUT2D eigenvalue weighted by molar-refractivity contribution is 0.175. The third kappa shape index (κ3) is 4.26. The quantitative estimate of drug-likeness (QED) is 0.743. The zero-order chi connectivity index (χ0) is 14.4. The predicted molar refractivity (Wildman–Crippen MR) is 84.5 cm³/mol. The van der Waals surface area contributed by atoms with Crippen LogP contribution in [-0.4, -0.2) is 23.9 Å². The number of aliphatic hydroxyl groups excluding tert-OH is 1. The molecule has 106 valence electrons. The number of benzene rings is 1. The van der Waals surface area contributed by atoms with E-state index in [1.165, 1.54) is 11.3 Å². The second-order valence-electron chi connectivity index (χ2n) is 4.14. The van der Waals surface area contributed by atoms with Crippen molar-refractivity contribution in [2.45, 2.75) is 11.0 Å². The highest BCUT2D eigenvalue weighted by Gasteiger charge is 2.09. The van der Waals surface area contributed by atoms with E-state index in [2.05, 4.69) is 10.6 Å². The molecule has 0 fully saturated rings. The molecule has 0 aliphatic heterocycles. The Kier molecular flexibility index (Phi) is 5.46. The Hall–Kier alpha value is -1.50. The highest BCUT2D eigenvalue weighted by molar-refractivity contribution is 7.98. The van der Waals surface area contributed by atoms with Crippen molar-refractivity contribution in [3.63, 3.8) is 0 Å². The van der Waals surface area contributed by atoms with E-state index in [1.54, 1.807) is 11.8 Å². The first-order chi connectivity index (χ1) is 9.69. The standard InChI is InChI=1S/C14H16N2O2S2/c1-19-12-4-2-11(3-5-12)16-14(18)15-8-13(17)10-6-7-20-9-10/h2-7,9,13,17H,8H2,1H3,(H2,15,16,18). The lowest BCUT2D eigenvalue weighted by atomic mass is 10.2. The summed E-state index contributed by atoms with van der Waals surface area (Å²) >= 11 is 3.17. The molecule has 0 saturated heterocycles. The van der Waals surface area contributed by atoms with Crippen LogP contribution in [0.1, 0.15) is 11.7 Å². The van der Waals surface area contributed by atoms with Crippen LogP contribution in [0.25, 0.3) is 0 Å². The number of nitrogens with one attached hydrogen (secondary N) is 2. The molecular formula is C14H16N2O2S2. The molecule has 0 saturated carbocycles. The van der Waals surface area contributed by atoms with Crippen molar-refractivity contribution < 1.29 is 9.90 Å². The molecule has 1 atom stereocenters. The fourth-order valence-corrected chi connectivity index (χ4v) is 2.74. The van der Waals surface area contributed by atoms with Crippen LogP contribution in [0.15, 0.2) is 46.0 Å². The second kappa shape index (κ2) is 7.33. The van der Waals surface area contributed by atoms with Crippen LogP contribution in [0, 0.1) is 0 Å². The van der Waals surface area contributed by atoms with Crippen LogP contribution in [0.5, 0.6) is 0 Å². The number of aliphatic hydroxyl groups is 1. The van der Waals surface area contributed by atoms with Crippen LogP contribution < -0.4 is 10.6 Å². The Morgan fingerprint density at radius 3 is 2.70 bits per heavy atom. The smallest absolute Gasteiger partial charge is 0.319 e. The minimum Gasteiger partial charge on any atom is -0.387 e. The van der Waals surface area contributed by atoms with Gasteiger partial charge in [0.15, 0.2) is 0 Å². The molecule has 4 nitrogen and oxygen atoms in total. The molecule has 6 heteroatoms. The van der Waals surface area contributed by atoms with Crippen molar-refractivity contribution in [1.82, 2.24) is 5.32 Å². The van der Waals surface area contributed by atoms with Crippen LogP contribution in [0.2, 0.25) is 0 Å². The van der Waals surface area contributed by atoms with E-state index in [1.807, 2.05) is 47.3 Å². The van der Waals surface area contributed by atoms with E-state index in [4.69, 9.17) is 0 Å². The van der Waals surface area contributed by atoms with Crippen molar-refractivity contribution in [3.05, 3.63) is 46.7 Å². The van der Waals surface area contributed by atoms with Crippen LogP contribution in [0.4, 0.5) is 10.5 Å². The van der Waals surface area contributed by atoms with Crippen LogP contribution in [0.3, 0.4) is 0 Å². The summed E-state index contributed by atoms with van der Waals surface area (Å²) in [4.78, 5) is 12.8. The number of carbonyl (C=O) groups excluding carboxylic acids is 1. The Morgan fingerprint density at radius 2 is 2.10 bits per heavy atom. The average molecular weight is 308 g/mol. The fourth-order valence-electron chi connectivity index (χ4n) is 1.62. The molecule has 2 aromatic rings. The third-order valence-electron chi connectivity index (χ3n) is 2.73. The lowest BCUT2D eigenvalue weighted by Crippen LogP contribution is -2.32. The predicted octanol–water partition coefficient (Wildman–Crippen LogP) is 3.33. The van der Waals surface area contributed by atoms with Crippen molar-refractivity contribution in [3.8, 4) is 0 Å². The molecule has 1 aromatic heterocycles. The Bertz CT molecular complexity index is 541. The van der Waals surface area contributed by atoms with E-state index in [9.17, 15) is 9.90 Å². The van der Waals surface area contributed by atoms with Gasteiger partial charge in [-0.05, 0) is 52.9 Å². The largest absolute Gasteiger partial charge is 0.387 e. The molecule has 1 heterocycles. The Morgan fingerprint density at radius 1 is 1.35 bits per heavy atom. The molecule has 1 aromatic carbocycles. The van der Waals surface area contributed by atoms with Gasteiger partial charge in [0.05, 0.1) is 6.10 Å². The minimum absolute atomic E-state index is 0.186. The van der Waals surface area contributed by atoms with E-state index in [0.717, 1.165) is 16.1 Å². The molecular weight excluding hydrogens is 292 g/mol. The van der Waals surface area contributed by atoms with Gasteiger partial charge in [-0.25, -0.2) is 4.79 Å². The molecule has 0 aliphatic carbocycles. The fraction of sp³-hybridized carbons (Fsp3) is 0.214. The Labute approximate surface area is 126 Å². The molecule has 0 aliphatic rings. The highest BCUT2D eigenvalue weighted by Crippen LogP contribution is 2.17. The average Bonchev–Trinajstić information content (AvgIpc) is 3.00. The van der Waals surface area contributed by atoms with Gasteiger partial charge in [-0.1, -0.05) is 0 Å². The van der Waals surface area contributed by atoms with E-state index >= 15 is 0 Å². The molecule has 0 spiro atoms. The minimum atomic E-state index is -0.675. The van der Waals surface area contributed by atoms with Gasteiger partial charge in [-0.3, -0.25) is 0 Å². The lowest BCUT2D eigenvalue weighted by Gasteiger charge is -2.11. The molecule has 3 N–H and O–H groups in total. The number of hydrogen-bond donors (Lipinski definition) is 3. The van der Waals surface area contributed by atoms with Crippen molar-refractivity contribution in [2.24, 2.45) is 0 Å². The number of thioether (sulfide) groups is 1. The van der Waals surface area contributed by atoms with Gasteiger partial charge in [0.2, 0.25) is 0 Å². The molecule has 0 bridgehead atoms. The van der Waals surface area contributed by atoms with Gasteiger partial charge < -0.3 is 15.7 Å². The van der Waals surface area contributed by atoms with Gasteiger partial charge in [-0.2, -0.15) is 11.3 Å². The van der Waals surface area contributed by atoms with E-state index in [-0.39, 0.29) is 12.6 Å². The SMILES string of the molecule is CSc1ccc(NC(=O)NCC(O)c2ccsc2)cc1. The summed E-state index contributed by atoms with van der Waals surface area (Å²) in [6.07, 6.45) is 1.33. The molecule has 1 unspecified atom stereocenters. The molecule has 2 amide bonds. The maximum atomic E-state index is 11.7. The van der Waals surface area contributed by atoms with Gasteiger partial charge in [0, 0.05) is 17.1 Å². The first-order valence-electron chi connectivity index (χ1n) is 6.08. The number of amides is 2. The first-order valence-corrected chi connectivity index (χ1v) is 8.25. The highest BCUT2D eigenvalue weighted by atomic mass is 32.2. The summed E-state index contributed by atoms with van der Waals surface area (Å²) in [6, 6.07) is 9.11. The second-order valence-corrected chi connectivity index (χ2v) is 5.80. The first kappa shape index (κ1) is 14.9. The number of thiophene rings is 1. The molecule has 0 radical (unpaired) electrons. The molecule has 2 rings (SSSR count). The van der Waals surface area contributed by atoms with Crippen molar-refractivity contribution in [2.75, 3.05) is 18.1 Å². The van der Waals surface area contributed by atoms with Gasteiger partial charge >= 0.3 is 6.03 Å². The number of hydrogen-bond acceptors (Lipinski definition) is 4. The summed E-state index contributed by atoms with van der Waals surface area (Å²) in [7, 11) is 0. The van der Waals surface area contributed by atoms with Gasteiger partial charge in [0.25, 0.3) is 0 Å². The summed E-state index contributed by atoms with van der Waals surface area (Å²) < 4.78 is 0. The maximum absolute atomic E-state index is 11.7. The van der Waals surface area contributed by atoms with Gasteiger partial charge in [0.1, 0.15) is 0 Å². The summed E-state index contributed by atoms with van der Waals surface area (Å²) in [5.74, 6) is 0. The zero-order valence-electron chi connectivity index (χ0n) is 11.0. The van der Waals surface area contributed by atoms with E-state index in [0.29, 0.717) is 0 Å². The number of carbonyl (C=O) groups is 1. The maximum Gasteiger partial charge on any atom is 0.319 e. The van der Waals surface area contributed by atoms with Crippen molar-refractivity contribution in [1.29, 1.82) is 0 Å². The summed E-state index contributed by atoms with van der Waals surface area (Å²) in [5.41, 5.74) is 1.55. The molecule has 20 heavy (non-hydrogen) atoms. The van der Waals surface area contributed by atoms with Crippen LogP contribution >= 0.6 is 23.1 Å². The van der Waals surface area contributed by atoms with Gasteiger partial charge in [-0.15, -0.1) is 11.8 Å². The zero-order valence-corrected chi connectivity index (χ0v) is 12.6. The normalized spacial score (nSPS) is 11.9. The number of urea groups is 1. The van der Waals surface area contributed by atoms with Crippen molar-refractivity contribution >= 4 is 34.8 Å². The van der Waals surface area contributed by atoms with Crippen LogP contribution in [-0.2, 0) is 0 Å². The topological polar surface area (TPSA) is 61.4 Å². The summed E-state index contributed by atoms with van der Waals surface area (Å²) in [6.45, 7) is 0.186.